The molecule has 0 aliphatic heterocycles. The zero-order chi connectivity index (χ0) is 12.3. The van der Waals surface area contributed by atoms with Crippen LogP contribution in [-0.4, -0.2) is 21.3 Å². The molecule has 0 aliphatic carbocycles. The highest BCUT2D eigenvalue weighted by Gasteiger charge is 2.12. The minimum Gasteiger partial charge on any atom is -0.481 e. The van der Waals surface area contributed by atoms with Crippen LogP contribution >= 0.6 is 15.9 Å². The maximum atomic E-state index is 10.5. The summed E-state index contributed by atoms with van der Waals surface area (Å²) in [6.07, 6.45) is 0.533. The Hall–Kier alpha value is -1.62. The van der Waals surface area contributed by atoms with Crippen molar-refractivity contribution in [3.8, 4) is 11.3 Å². The van der Waals surface area contributed by atoms with Crippen LogP contribution < -0.4 is 0 Å². The fraction of sp³-hybridized carbons (Fsp3) is 0.167. The van der Waals surface area contributed by atoms with Crippen LogP contribution in [0.1, 0.15) is 12.1 Å². The van der Waals surface area contributed by atoms with Crippen molar-refractivity contribution in [3.63, 3.8) is 0 Å². The van der Waals surface area contributed by atoms with Crippen LogP contribution in [-0.2, 0) is 11.2 Å². The lowest BCUT2D eigenvalue weighted by atomic mass is 10.1. The molecule has 0 amide bonds. The summed E-state index contributed by atoms with van der Waals surface area (Å²) in [6.45, 7) is 0. The van der Waals surface area contributed by atoms with Gasteiger partial charge in [-0.05, 0) is 15.9 Å². The van der Waals surface area contributed by atoms with Gasteiger partial charge in [0.15, 0.2) is 0 Å². The Morgan fingerprint density at radius 2 is 2.06 bits per heavy atom. The number of benzene rings is 1. The summed E-state index contributed by atoms with van der Waals surface area (Å²) in [5.74, 6) is -0.812. The van der Waals surface area contributed by atoms with Crippen molar-refractivity contribution in [1.29, 1.82) is 0 Å². The van der Waals surface area contributed by atoms with Crippen molar-refractivity contribution in [2.45, 2.75) is 12.8 Å². The molecule has 0 saturated heterocycles. The van der Waals surface area contributed by atoms with Gasteiger partial charge < -0.3 is 5.11 Å². The lowest BCUT2D eigenvalue weighted by molar-refractivity contribution is -0.136. The van der Waals surface area contributed by atoms with Crippen molar-refractivity contribution < 1.29 is 9.90 Å². The fourth-order valence-corrected chi connectivity index (χ4v) is 2.15. The Kier molecular flexibility index (Phi) is 3.58. The van der Waals surface area contributed by atoms with Crippen LogP contribution in [0.15, 0.2) is 34.8 Å². The predicted molar refractivity (Wildman–Crippen MR) is 67.7 cm³/mol. The molecule has 2 aromatic rings. The van der Waals surface area contributed by atoms with Gasteiger partial charge in [-0.25, -0.2) is 0 Å². The molecular formula is C12H11BrN2O2. The van der Waals surface area contributed by atoms with Crippen molar-refractivity contribution in [2.24, 2.45) is 0 Å². The van der Waals surface area contributed by atoms with Gasteiger partial charge in [0.05, 0.1) is 16.6 Å². The molecule has 0 atom stereocenters. The first-order valence-electron chi connectivity index (χ1n) is 5.18. The average Bonchev–Trinajstić information content (AvgIpc) is 2.69. The van der Waals surface area contributed by atoms with Crippen LogP contribution in [0.25, 0.3) is 11.3 Å². The highest BCUT2D eigenvalue weighted by Crippen LogP contribution is 2.29. The van der Waals surface area contributed by atoms with E-state index < -0.39 is 5.97 Å². The summed E-state index contributed by atoms with van der Waals surface area (Å²) < 4.78 is 0.838. The SMILES string of the molecule is O=C(O)CCc1[nH]nc(-c2ccccc2)c1Br. The number of aromatic nitrogens is 2. The van der Waals surface area contributed by atoms with E-state index in [1.807, 2.05) is 30.3 Å². The number of nitrogens with zero attached hydrogens (tertiary/aromatic N) is 1. The largest absolute Gasteiger partial charge is 0.481 e. The van der Waals surface area contributed by atoms with Crippen LogP contribution in [0.2, 0.25) is 0 Å². The molecule has 1 heterocycles. The molecule has 2 N–H and O–H groups in total. The van der Waals surface area contributed by atoms with E-state index in [1.165, 1.54) is 0 Å². The minimum atomic E-state index is -0.812. The number of aliphatic carboxylic acids is 1. The lowest BCUT2D eigenvalue weighted by Gasteiger charge is -1.97. The van der Waals surface area contributed by atoms with Gasteiger partial charge in [0, 0.05) is 12.0 Å². The van der Waals surface area contributed by atoms with Gasteiger partial charge in [-0.1, -0.05) is 30.3 Å². The van der Waals surface area contributed by atoms with Crippen LogP contribution in [0.3, 0.4) is 0 Å². The number of aryl methyl sites for hydroxylation is 1. The molecule has 0 spiro atoms. The summed E-state index contributed by atoms with van der Waals surface area (Å²) in [5, 5.41) is 15.7. The molecule has 0 aliphatic rings. The Bertz CT molecular complexity index is 523. The zero-order valence-electron chi connectivity index (χ0n) is 8.98. The van der Waals surface area contributed by atoms with E-state index in [4.69, 9.17) is 5.11 Å². The third-order valence-electron chi connectivity index (χ3n) is 2.41. The summed E-state index contributed by atoms with van der Waals surface area (Å²) in [4.78, 5) is 10.5. The zero-order valence-corrected chi connectivity index (χ0v) is 10.6. The predicted octanol–water partition coefficient (Wildman–Crippen LogP) is 2.86. The minimum absolute atomic E-state index is 0.0923. The number of halogens is 1. The number of aromatic amines is 1. The number of carboxylic acid groups (broad SMARTS) is 1. The fourth-order valence-electron chi connectivity index (χ4n) is 1.55. The Morgan fingerprint density at radius 3 is 2.71 bits per heavy atom. The number of hydrogen-bond donors (Lipinski definition) is 2. The number of carboxylic acids is 1. The van der Waals surface area contributed by atoms with E-state index in [1.54, 1.807) is 0 Å². The molecular weight excluding hydrogens is 284 g/mol. The average molecular weight is 295 g/mol. The Morgan fingerprint density at radius 1 is 1.35 bits per heavy atom. The molecule has 0 radical (unpaired) electrons. The number of nitrogens with one attached hydrogen (secondary N) is 1. The third kappa shape index (κ3) is 2.74. The summed E-state index contributed by atoms with van der Waals surface area (Å²) in [7, 11) is 0. The summed E-state index contributed by atoms with van der Waals surface area (Å²) in [5.41, 5.74) is 2.62. The monoisotopic (exact) mass is 294 g/mol. The van der Waals surface area contributed by atoms with E-state index in [-0.39, 0.29) is 6.42 Å². The highest BCUT2D eigenvalue weighted by atomic mass is 79.9. The second kappa shape index (κ2) is 5.14. The van der Waals surface area contributed by atoms with E-state index >= 15 is 0 Å². The molecule has 1 aromatic heterocycles. The number of rotatable bonds is 4. The second-order valence-corrected chi connectivity index (χ2v) is 4.42. The highest BCUT2D eigenvalue weighted by molar-refractivity contribution is 9.10. The molecule has 0 saturated carbocycles. The lowest BCUT2D eigenvalue weighted by Crippen LogP contribution is -1.98. The van der Waals surface area contributed by atoms with Gasteiger partial charge >= 0.3 is 5.97 Å². The van der Waals surface area contributed by atoms with Crippen LogP contribution in [0.5, 0.6) is 0 Å². The smallest absolute Gasteiger partial charge is 0.303 e. The van der Waals surface area contributed by atoms with E-state index in [9.17, 15) is 4.79 Å². The molecule has 17 heavy (non-hydrogen) atoms. The maximum Gasteiger partial charge on any atom is 0.303 e. The molecule has 5 heteroatoms. The summed E-state index contributed by atoms with van der Waals surface area (Å²) in [6, 6.07) is 9.74. The van der Waals surface area contributed by atoms with Gasteiger partial charge in [-0.3, -0.25) is 9.89 Å². The standard InChI is InChI=1S/C12H11BrN2O2/c13-11-9(6-7-10(16)17)14-15-12(11)8-4-2-1-3-5-8/h1-5H,6-7H2,(H,14,15)(H,16,17). The number of hydrogen-bond acceptors (Lipinski definition) is 2. The van der Waals surface area contributed by atoms with Crippen molar-refractivity contribution in [1.82, 2.24) is 10.2 Å². The first-order chi connectivity index (χ1) is 8.18. The van der Waals surface area contributed by atoms with Crippen LogP contribution in [0, 0.1) is 0 Å². The molecule has 2 rings (SSSR count). The maximum absolute atomic E-state index is 10.5. The van der Waals surface area contributed by atoms with Crippen molar-refractivity contribution in [2.75, 3.05) is 0 Å². The first-order valence-corrected chi connectivity index (χ1v) is 5.97. The van der Waals surface area contributed by atoms with Gasteiger partial charge in [-0.2, -0.15) is 5.10 Å². The molecule has 88 valence electrons. The normalized spacial score (nSPS) is 10.4. The van der Waals surface area contributed by atoms with Crippen molar-refractivity contribution in [3.05, 3.63) is 40.5 Å². The first kappa shape index (κ1) is 11.9. The third-order valence-corrected chi connectivity index (χ3v) is 3.27. The number of carbonyl (C=O) groups is 1. The second-order valence-electron chi connectivity index (χ2n) is 3.62. The number of H-pyrrole nitrogens is 1. The molecule has 4 nitrogen and oxygen atoms in total. The van der Waals surface area contributed by atoms with E-state index in [0.717, 1.165) is 21.4 Å². The molecule has 0 bridgehead atoms. The van der Waals surface area contributed by atoms with E-state index in [0.29, 0.717) is 6.42 Å². The van der Waals surface area contributed by atoms with E-state index in [2.05, 4.69) is 26.1 Å². The Balaban J connectivity index is 2.24. The van der Waals surface area contributed by atoms with Crippen molar-refractivity contribution >= 4 is 21.9 Å². The summed E-state index contributed by atoms with van der Waals surface area (Å²) >= 11 is 3.45. The molecule has 0 fully saturated rings. The Labute approximate surface area is 107 Å². The topological polar surface area (TPSA) is 66.0 Å². The molecule has 0 unspecified atom stereocenters. The van der Waals surface area contributed by atoms with Gasteiger partial charge in [0.2, 0.25) is 0 Å². The van der Waals surface area contributed by atoms with Gasteiger partial charge in [-0.15, -0.1) is 0 Å². The van der Waals surface area contributed by atoms with Gasteiger partial charge in [0.1, 0.15) is 5.69 Å². The quantitative estimate of drug-likeness (QED) is 0.911. The van der Waals surface area contributed by atoms with Gasteiger partial charge in [0.25, 0.3) is 0 Å². The van der Waals surface area contributed by atoms with Crippen LogP contribution in [0.4, 0.5) is 0 Å². The molecule has 1 aromatic carbocycles.